The van der Waals surface area contributed by atoms with Gasteiger partial charge in [0.1, 0.15) is 17.7 Å². The molecule has 2 fully saturated rings. The molecular formula is C28H34ClF2NO5. The van der Waals surface area contributed by atoms with Crippen molar-refractivity contribution >= 4 is 17.5 Å². The maximum absolute atomic E-state index is 14.3. The zero-order valence-corrected chi connectivity index (χ0v) is 22.3. The third-order valence-electron chi connectivity index (χ3n) is 6.61. The van der Waals surface area contributed by atoms with Crippen LogP contribution in [0.25, 0.3) is 0 Å². The van der Waals surface area contributed by atoms with E-state index >= 15 is 0 Å². The predicted octanol–water partition coefficient (Wildman–Crippen LogP) is 5.55. The van der Waals surface area contributed by atoms with Crippen LogP contribution in [0.3, 0.4) is 0 Å². The van der Waals surface area contributed by atoms with Crippen LogP contribution in [0, 0.1) is 17.6 Å². The Labute approximate surface area is 221 Å². The highest BCUT2D eigenvalue weighted by molar-refractivity contribution is 6.30. The van der Waals surface area contributed by atoms with Gasteiger partial charge in [-0.25, -0.2) is 8.78 Å². The maximum atomic E-state index is 14.3. The summed E-state index contributed by atoms with van der Waals surface area (Å²) in [5.74, 6) is -2.28. The molecule has 1 heterocycles. The molecule has 1 saturated heterocycles. The molecule has 2 aliphatic rings. The Balaban J connectivity index is 1.61. The van der Waals surface area contributed by atoms with E-state index in [0.717, 1.165) is 11.6 Å². The molecule has 2 aromatic rings. The number of carbonyl (C=O) groups excluding carboxylic acids is 1. The maximum Gasteiger partial charge on any atom is 0.252 e. The molecule has 9 heteroatoms. The van der Waals surface area contributed by atoms with E-state index in [1.54, 1.807) is 26.0 Å². The Morgan fingerprint density at radius 2 is 1.92 bits per heavy atom. The largest absolute Gasteiger partial charge is 0.370 e. The molecule has 0 bridgehead atoms. The van der Waals surface area contributed by atoms with Crippen LogP contribution in [-0.2, 0) is 37.0 Å². The second-order valence-electron chi connectivity index (χ2n) is 10.6. The molecule has 202 valence electrons. The third kappa shape index (κ3) is 6.86. The van der Waals surface area contributed by atoms with E-state index < -0.39 is 41.3 Å². The van der Waals surface area contributed by atoms with Crippen molar-refractivity contribution in [2.45, 2.75) is 83.5 Å². The SMILES string of the molecule is CC(C)CNC(=O)[C@@]1(OCc2cccc(Cl)c2)C[C@H](OCc2ccc(F)cc2F)[C@@H]2OC(C)(C)O[C@@H]2C1. The molecule has 1 saturated carbocycles. The van der Waals surface area contributed by atoms with Gasteiger partial charge in [0.2, 0.25) is 0 Å². The van der Waals surface area contributed by atoms with Gasteiger partial charge in [-0.1, -0.05) is 43.6 Å². The number of amides is 1. The van der Waals surface area contributed by atoms with Crippen molar-refractivity contribution in [2.75, 3.05) is 6.54 Å². The fourth-order valence-corrected chi connectivity index (χ4v) is 5.06. The molecule has 0 unspecified atom stereocenters. The van der Waals surface area contributed by atoms with Gasteiger partial charge in [0, 0.05) is 36.0 Å². The van der Waals surface area contributed by atoms with Gasteiger partial charge >= 0.3 is 0 Å². The third-order valence-corrected chi connectivity index (χ3v) is 6.84. The van der Waals surface area contributed by atoms with E-state index in [1.165, 1.54) is 12.1 Å². The quantitative estimate of drug-likeness (QED) is 0.454. The lowest BCUT2D eigenvalue weighted by Crippen LogP contribution is -2.60. The number of ether oxygens (including phenoxy) is 4. The van der Waals surface area contributed by atoms with Gasteiger partial charge < -0.3 is 24.3 Å². The lowest BCUT2D eigenvalue weighted by atomic mass is 9.78. The van der Waals surface area contributed by atoms with Crippen LogP contribution in [0.2, 0.25) is 5.02 Å². The number of benzene rings is 2. The molecule has 4 rings (SSSR count). The Bertz CT molecular complexity index is 1110. The molecule has 1 amide bonds. The summed E-state index contributed by atoms with van der Waals surface area (Å²) in [5.41, 5.74) is -0.259. The zero-order chi connectivity index (χ0) is 26.8. The molecular weight excluding hydrogens is 504 g/mol. The van der Waals surface area contributed by atoms with E-state index in [9.17, 15) is 13.6 Å². The number of hydrogen-bond donors (Lipinski definition) is 1. The van der Waals surface area contributed by atoms with E-state index in [2.05, 4.69) is 5.32 Å². The summed E-state index contributed by atoms with van der Waals surface area (Å²) in [6.45, 7) is 8.13. The van der Waals surface area contributed by atoms with Crippen molar-refractivity contribution in [2.24, 2.45) is 5.92 Å². The molecule has 6 nitrogen and oxygen atoms in total. The summed E-state index contributed by atoms with van der Waals surface area (Å²) >= 11 is 6.15. The molecule has 37 heavy (non-hydrogen) atoms. The lowest BCUT2D eigenvalue weighted by Gasteiger charge is -2.43. The van der Waals surface area contributed by atoms with Crippen molar-refractivity contribution < 1.29 is 32.5 Å². The Kier molecular flexibility index (Phi) is 8.55. The highest BCUT2D eigenvalue weighted by Crippen LogP contribution is 2.44. The van der Waals surface area contributed by atoms with Crippen molar-refractivity contribution in [1.82, 2.24) is 5.32 Å². The van der Waals surface area contributed by atoms with Gasteiger partial charge in [0.05, 0.1) is 25.4 Å². The minimum atomic E-state index is -1.28. The van der Waals surface area contributed by atoms with E-state index in [4.69, 9.17) is 30.5 Å². The topological polar surface area (TPSA) is 66.0 Å². The van der Waals surface area contributed by atoms with Crippen LogP contribution < -0.4 is 5.32 Å². The van der Waals surface area contributed by atoms with Crippen LogP contribution >= 0.6 is 11.6 Å². The smallest absolute Gasteiger partial charge is 0.252 e. The molecule has 0 radical (unpaired) electrons. The van der Waals surface area contributed by atoms with Gasteiger partial charge in [-0.05, 0) is 43.5 Å². The molecule has 1 aliphatic heterocycles. The molecule has 1 aliphatic carbocycles. The number of nitrogens with one attached hydrogen (secondary N) is 1. The lowest BCUT2D eigenvalue weighted by molar-refractivity contribution is -0.183. The Morgan fingerprint density at radius 1 is 1.14 bits per heavy atom. The second kappa shape index (κ2) is 11.3. The van der Waals surface area contributed by atoms with E-state index in [1.807, 2.05) is 26.0 Å². The van der Waals surface area contributed by atoms with Crippen molar-refractivity contribution in [3.8, 4) is 0 Å². The van der Waals surface area contributed by atoms with Crippen molar-refractivity contribution in [3.63, 3.8) is 0 Å². The molecule has 0 spiro atoms. The number of rotatable bonds is 9. The first-order chi connectivity index (χ1) is 17.5. The molecule has 4 atom stereocenters. The predicted molar refractivity (Wildman–Crippen MR) is 135 cm³/mol. The van der Waals surface area contributed by atoms with Crippen LogP contribution in [0.5, 0.6) is 0 Å². The highest BCUT2D eigenvalue weighted by atomic mass is 35.5. The minimum Gasteiger partial charge on any atom is -0.370 e. The Hall–Kier alpha value is -2.10. The fourth-order valence-electron chi connectivity index (χ4n) is 4.85. The highest BCUT2D eigenvalue weighted by Gasteiger charge is 2.58. The van der Waals surface area contributed by atoms with Gasteiger partial charge in [-0.15, -0.1) is 0 Å². The monoisotopic (exact) mass is 537 g/mol. The van der Waals surface area contributed by atoms with E-state index in [0.29, 0.717) is 11.6 Å². The average molecular weight is 538 g/mol. The van der Waals surface area contributed by atoms with Crippen molar-refractivity contribution in [1.29, 1.82) is 0 Å². The van der Waals surface area contributed by atoms with Gasteiger partial charge in [-0.3, -0.25) is 4.79 Å². The summed E-state index contributed by atoms with van der Waals surface area (Å²) in [4.78, 5) is 13.7. The fraction of sp³-hybridized carbons (Fsp3) is 0.536. The Morgan fingerprint density at radius 3 is 2.62 bits per heavy atom. The second-order valence-corrected chi connectivity index (χ2v) is 11.1. The van der Waals surface area contributed by atoms with Gasteiger partial charge in [0.25, 0.3) is 5.91 Å². The molecule has 0 aromatic heterocycles. The average Bonchev–Trinajstić information content (AvgIpc) is 3.14. The molecule has 1 N–H and O–H groups in total. The van der Waals surface area contributed by atoms with Gasteiger partial charge in [0.15, 0.2) is 11.4 Å². The van der Waals surface area contributed by atoms with Crippen molar-refractivity contribution in [3.05, 3.63) is 70.2 Å². The van der Waals surface area contributed by atoms with Gasteiger partial charge in [-0.2, -0.15) is 0 Å². The summed E-state index contributed by atoms with van der Waals surface area (Å²) in [6, 6.07) is 10.6. The first-order valence-electron chi connectivity index (χ1n) is 12.5. The number of fused-ring (bicyclic) bond motifs is 1. The van der Waals surface area contributed by atoms with Crippen LogP contribution in [0.1, 0.15) is 51.7 Å². The van der Waals surface area contributed by atoms with Crippen LogP contribution in [0.15, 0.2) is 42.5 Å². The standard InChI is InChI=1S/C28H34ClF2NO5/c1-17(2)14-32-26(33)28(35-15-18-6-5-7-20(29)10-18)12-23(25-24(13-28)36-27(3,4)37-25)34-16-19-8-9-21(30)11-22(19)31/h5-11,17,23-25H,12-16H2,1-4H3,(H,32,33)/t23-,24+,25-,28+/m0/s1. The number of hydrogen-bond acceptors (Lipinski definition) is 5. The number of carbonyl (C=O) groups is 1. The van der Waals surface area contributed by atoms with E-state index in [-0.39, 0.29) is 43.4 Å². The summed E-state index contributed by atoms with van der Waals surface area (Å²) in [7, 11) is 0. The summed E-state index contributed by atoms with van der Waals surface area (Å²) in [5, 5.41) is 3.58. The zero-order valence-electron chi connectivity index (χ0n) is 21.6. The first-order valence-corrected chi connectivity index (χ1v) is 12.9. The van der Waals surface area contributed by atoms with Crippen LogP contribution in [-0.4, -0.2) is 42.2 Å². The summed E-state index contributed by atoms with van der Waals surface area (Å²) < 4.78 is 52.6. The molecule has 2 aromatic carbocycles. The summed E-state index contributed by atoms with van der Waals surface area (Å²) in [6.07, 6.45) is -1.19. The minimum absolute atomic E-state index is 0.123. The normalized spacial score (nSPS) is 26.8. The first kappa shape index (κ1) is 27.9. The number of halogens is 3. The van der Waals surface area contributed by atoms with Crippen LogP contribution in [0.4, 0.5) is 8.78 Å².